The molecular formula is C28H23NO2. The molecule has 1 heterocycles. The van der Waals surface area contributed by atoms with Crippen LogP contribution in [-0.2, 0) is 6.42 Å². The fourth-order valence-electron chi connectivity index (χ4n) is 4.58. The van der Waals surface area contributed by atoms with Gasteiger partial charge in [-0.15, -0.1) is 0 Å². The van der Waals surface area contributed by atoms with Crippen molar-refractivity contribution in [2.45, 2.75) is 19.8 Å². The maximum Gasteiger partial charge on any atom is 0.336 e. The average Bonchev–Trinajstić information content (AvgIpc) is 2.78. The lowest BCUT2D eigenvalue weighted by atomic mass is 9.80. The lowest BCUT2D eigenvalue weighted by molar-refractivity contribution is 0.0697. The van der Waals surface area contributed by atoms with E-state index in [4.69, 9.17) is 4.98 Å². The van der Waals surface area contributed by atoms with Crippen molar-refractivity contribution in [3.8, 4) is 11.1 Å². The quantitative estimate of drug-likeness (QED) is 0.411. The summed E-state index contributed by atoms with van der Waals surface area (Å²) in [5, 5.41) is 10.7. The maximum absolute atomic E-state index is 12.2. The van der Waals surface area contributed by atoms with Gasteiger partial charge < -0.3 is 5.11 Å². The molecule has 31 heavy (non-hydrogen) atoms. The summed E-state index contributed by atoms with van der Waals surface area (Å²) < 4.78 is 0. The van der Waals surface area contributed by atoms with E-state index in [9.17, 15) is 9.90 Å². The zero-order valence-corrected chi connectivity index (χ0v) is 17.4. The summed E-state index contributed by atoms with van der Waals surface area (Å²) in [5.74, 6) is -0.515. The highest BCUT2D eigenvalue weighted by Crippen LogP contribution is 2.38. The molecule has 1 aliphatic carbocycles. The first kappa shape index (κ1) is 19.3. The van der Waals surface area contributed by atoms with Crippen molar-refractivity contribution >= 4 is 28.5 Å². The van der Waals surface area contributed by atoms with E-state index >= 15 is 0 Å². The van der Waals surface area contributed by atoms with Gasteiger partial charge in [0.15, 0.2) is 0 Å². The number of benzene rings is 3. The van der Waals surface area contributed by atoms with Crippen LogP contribution in [0.2, 0.25) is 0 Å². The number of carboxylic acid groups (broad SMARTS) is 1. The number of rotatable bonds is 3. The first-order valence-corrected chi connectivity index (χ1v) is 10.6. The highest BCUT2D eigenvalue weighted by Gasteiger charge is 2.27. The number of nitrogens with zero attached hydrogens (tertiary/aromatic N) is 1. The third-order valence-electron chi connectivity index (χ3n) is 5.99. The standard InChI is InChI=1S/C28H23NO2/c1-18-15-22(17-19-11-13-21(14-12-19)20-7-3-2-4-8-20)27-24(16-18)26(28(30)31)23-9-5-6-10-25(23)29-27/h2-14,17-18H,15-16H2,1H3,(H,30,31). The van der Waals surface area contributed by atoms with Crippen LogP contribution in [0, 0.1) is 5.92 Å². The molecule has 1 aliphatic rings. The van der Waals surface area contributed by atoms with Crippen LogP contribution in [-0.4, -0.2) is 16.1 Å². The SMILES string of the molecule is CC1CC(=Cc2ccc(-c3ccccc3)cc2)c2nc3ccccc3c(C(=O)O)c2C1. The van der Waals surface area contributed by atoms with E-state index in [2.05, 4.69) is 49.4 Å². The van der Waals surface area contributed by atoms with Crippen LogP contribution in [0.25, 0.3) is 33.7 Å². The van der Waals surface area contributed by atoms with Gasteiger partial charge in [-0.3, -0.25) is 0 Å². The normalized spacial score (nSPS) is 16.9. The molecule has 1 unspecified atom stereocenters. The molecule has 0 aliphatic heterocycles. The first-order valence-electron chi connectivity index (χ1n) is 10.6. The summed E-state index contributed by atoms with van der Waals surface area (Å²) in [6.07, 6.45) is 3.79. The van der Waals surface area contributed by atoms with E-state index in [-0.39, 0.29) is 0 Å². The zero-order valence-electron chi connectivity index (χ0n) is 17.4. The second-order valence-corrected chi connectivity index (χ2v) is 8.31. The Labute approximate surface area is 181 Å². The lowest BCUT2D eigenvalue weighted by Gasteiger charge is -2.26. The molecule has 5 rings (SSSR count). The number of carbonyl (C=O) groups is 1. The van der Waals surface area contributed by atoms with Gasteiger partial charge in [0.05, 0.1) is 16.8 Å². The molecule has 0 bridgehead atoms. The van der Waals surface area contributed by atoms with Crippen molar-refractivity contribution < 1.29 is 9.90 Å². The van der Waals surface area contributed by atoms with Crippen LogP contribution in [0.1, 0.15) is 40.5 Å². The van der Waals surface area contributed by atoms with Crippen LogP contribution >= 0.6 is 0 Å². The summed E-state index contributed by atoms with van der Waals surface area (Å²) in [5.41, 5.74) is 7.40. The Kier molecular flexibility index (Phi) is 4.87. The zero-order chi connectivity index (χ0) is 21.4. The number of pyridine rings is 1. The number of allylic oxidation sites excluding steroid dienone is 1. The number of aromatic nitrogens is 1. The summed E-state index contributed by atoms with van der Waals surface area (Å²) in [6.45, 7) is 2.18. The molecule has 1 aromatic heterocycles. The van der Waals surface area contributed by atoms with Gasteiger partial charge in [-0.25, -0.2) is 9.78 Å². The van der Waals surface area contributed by atoms with Crippen molar-refractivity contribution in [3.63, 3.8) is 0 Å². The molecule has 0 saturated heterocycles. The summed E-state index contributed by atoms with van der Waals surface area (Å²) >= 11 is 0. The van der Waals surface area contributed by atoms with Gasteiger partial charge in [-0.1, -0.05) is 79.7 Å². The summed E-state index contributed by atoms with van der Waals surface area (Å²) in [4.78, 5) is 17.1. The second-order valence-electron chi connectivity index (χ2n) is 8.31. The van der Waals surface area contributed by atoms with Crippen LogP contribution in [0.15, 0.2) is 78.9 Å². The van der Waals surface area contributed by atoms with Crippen LogP contribution in [0.4, 0.5) is 0 Å². The summed E-state index contributed by atoms with van der Waals surface area (Å²) in [7, 11) is 0. The van der Waals surface area contributed by atoms with Crippen molar-refractivity contribution in [2.24, 2.45) is 5.92 Å². The van der Waals surface area contributed by atoms with Gasteiger partial charge in [0, 0.05) is 5.39 Å². The Bertz CT molecular complexity index is 1300. The molecule has 152 valence electrons. The van der Waals surface area contributed by atoms with Crippen molar-refractivity contribution in [2.75, 3.05) is 0 Å². The molecule has 1 N–H and O–H groups in total. The number of fused-ring (bicyclic) bond motifs is 2. The fraction of sp³-hybridized carbons (Fsp3) is 0.143. The smallest absolute Gasteiger partial charge is 0.336 e. The van der Waals surface area contributed by atoms with E-state index in [0.717, 1.165) is 46.1 Å². The molecule has 0 spiro atoms. The fourth-order valence-corrected chi connectivity index (χ4v) is 4.58. The number of aromatic carboxylic acids is 1. The van der Waals surface area contributed by atoms with Gasteiger partial charge in [-0.2, -0.15) is 0 Å². The molecule has 3 aromatic carbocycles. The maximum atomic E-state index is 12.2. The van der Waals surface area contributed by atoms with E-state index in [0.29, 0.717) is 11.5 Å². The number of hydrogen-bond donors (Lipinski definition) is 1. The molecule has 0 amide bonds. The minimum Gasteiger partial charge on any atom is -0.478 e. The molecule has 0 fully saturated rings. The van der Waals surface area contributed by atoms with Gasteiger partial charge in [-0.05, 0) is 58.7 Å². The average molecular weight is 405 g/mol. The van der Waals surface area contributed by atoms with E-state index in [1.54, 1.807) is 0 Å². The highest BCUT2D eigenvalue weighted by atomic mass is 16.4. The molecular weight excluding hydrogens is 382 g/mol. The Balaban J connectivity index is 1.62. The summed E-state index contributed by atoms with van der Waals surface area (Å²) in [6, 6.07) is 26.4. The van der Waals surface area contributed by atoms with Crippen LogP contribution in [0.5, 0.6) is 0 Å². The van der Waals surface area contributed by atoms with Crippen LogP contribution < -0.4 is 0 Å². The first-order chi connectivity index (χ1) is 15.1. The number of hydrogen-bond acceptors (Lipinski definition) is 2. The Morgan fingerprint density at radius 1 is 0.903 bits per heavy atom. The van der Waals surface area contributed by atoms with Gasteiger partial charge in [0.1, 0.15) is 0 Å². The van der Waals surface area contributed by atoms with Gasteiger partial charge in [0.25, 0.3) is 0 Å². The Hall–Kier alpha value is -3.72. The predicted molar refractivity (Wildman–Crippen MR) is 126 cm³/mol. The lowest BCUT2D eigenvalue weighted by Crippen LogP contribution is -2.17. The highest BCUT2D eigenvalue weighted by molar-refractivity contribution is 6.06. The third-order valence-corrected chi connectivity index (χ3v) is 5.99. The monoisotopic (exact) mass is 405 g/mol. The molecule has 0 saturated carbocycles. The number of para-hydroxylation sites is 1. The van der Waals surface area contributed by atoms with Crippen molar-refractivity contribution in [1.29, 1.82) is 0 Å². The molecule has 3 heteroatoms. The molecule has 3 nitrogen and oxygen atoms in total. The van der Waals surface area contributed by atoms with E-state index in [1.807, 2.05) is 42.5 Å². The minimum absolute atomic E-state index is 0.364. The topological polar surface area (TPSA) is 50.2 Å². The Morgan fingerprint density at radius 3 is 2.32 bits per heavy atom. The second kappa shape index (κ2) is 7.84. The predicted octanol–water partition coefficient (Wildman–Crippen LogP) is 6.72. The Morgan fingerprint density at radius 2 is 1.58 bits per heavy atom. The van der Waals surface area contributed by atoms with Crippen molar-refractivity contribution in [1.82, 2.24) is 4.98 Å². The largest absolute Gasteiger partial charge is 0.478 e. The van der Waals surface area contributed by atoms with Gasteiger partial charge >= 0.3 is 5.97 Å². The molecule has 1 atom stereocenters. The van der Waals surface area contributed by atoms with E-state index in [1.165, 1.54) is 11.1 Å². The molecule has 4 aromatic rings. The molecule has 0 radical (unpaired) electrons. The van der Waals surface area contributed by atoms with Gasteiger partial charge in [0.2, 0.25) is 0 Å². The third kappa shape index (κ3) is 3.64. The number of carboxylic acids is 1. The van der Waals surface area contributed by atoms with Crippen LogP contribution in [0.3, 0.4) is 0 Å². The van der Waals surface area contributed by atoms with Crippen molar-refractivity contribution in [3.05, 3.63) is 101 Å². The van der Waals surface area contributed by atoms with E-state index < -0.39 is 5.97 Å². The minimum atomic E-state index is -0.879.